The molecular weight excluding hydrogens is 282 g/mol. The number of hydrogen-bond acceptors (Lipinski definition) is 5. The fourth-order valence-electron chi connectivity index (χ4n) is 2.73. The van der Waals surface area contributed by atoms with Gasteiger partial charge in [-0.05, 0) is 25.3 Å². The first-order valence-electron chi connectivity index (χ1n) is 6.46. The zero-order valence-electron chi connectivity index (χ0n) is 11.0. The van der Waals surface area contributed by atoms with E-state index in [1.165, 1.54) is 16.7 Å². The van der Waals surface area contributed by atoms with Crippen LogP contribution in [0.3, 0.4) is 0 Å². The number of aliphatic hydroxyl groups is 1. The summed E-state index contributed by atoms with van der Waals surface area (Å²) in [5, 5.41) is 18.2. The summed E-state index contributed by atoms with van der Waals surface area (Å²) < 4.78 is 5.55. The smallest absolute Gasteiger partial charge is 0.353 e. The number of fused-ring (bicyclic) bond motifs is 1. The van der Waals surface area contributed by atoms with Gasteiger partial charge < -0.3 is 14.9 Å². The standard InChI is InChI=1S/C13H15NO5S/c1-6(5-15)8-11(16)14-9(13(17)18)10(20-12(8)14)7-3-2-4-19-7/h7,12,15H,2-5H2,1H3,(H,17,18)/b8-6-/t7-,12+/m0/s1. The Labute approximate surface area is 120 Å². The number of aliphatic carboxylic acids is 1. The summed E-state index contributed by atoms with van der Waals surface area (Å²) >= 11 is 1.36. The van der Waals surface area contributed by atoms with E-state index in [1.807, 2.05) is 0 Å². The quantitative estimate of drug-likeness (QED) is 0.588. The number of rotatable bonds is 3. The maximum absolute atomic E-state index is 12.1. The molecule has 0 radical (unpaired) electrons. The number of nitrogens with zero attached hydrogens (tertiary/aromatic N) is 1. The molecule has 0 unspecified atom stereocenters. The van der Waals surface area contributed by atoms with E-state index in [0.29, 0.717) is 22.7 Å². The zero-order chi connectivity index (χ0) is 14.4. The summed E-state index contributed by atoms with van der Waals surface area (Å²) in [5.41, 5.74) is 1.16. The molecule has 0 spiro atoms. The first-order valence-corrected chi connectivity index (χ1v) is 7.34. The Morgan fingerprint density at radius 3 is 2.85 bits per heavy atom. The first-order chi connectivity index (χ1) is 9.56. The van der Waals surface area contributed by atoms with Crippen molar-refractivity contribution in [3.63, 3.8) is 0 Å². The van der Waals surface area contributed by atoms with Gasteiger partial charge in [0.1, 0.15) is 11.1 Å². The van der Waals surface area contributed by atoms with Crippen molar-refractivity contribution < 1.29 is 24.5 Å². The van der Waals surface area contributed by atoms with Gasteiger partial charge in [-0.3, -0.25) is 9.69 Å². The van der Waals surface area contributed by atoms with Gasteiger partial charge in [0.05, 0.1) is 18.3 Å². The minimum atomic E-state index is -1.10. The predicted molar refractivity (Wildman–Crippen MR) is 71.6 cm³/mol. The van der Waals surface area contributed by atoms with Gasteiger partial charge in [-0.15, -0.1) is 0 Å². The zero-order valence-corrected chi connectivity index (χ0v) is 11.8. The van der Waals surface area contributed by atoms with E-state index < -0.39 is 5.97 Å². The Balaban J connectivity index is 1.96. The monoisotopic (exact) mass is 297 g/mol. The maximum Gasteiger partial charge on any atom is 0.353 e. The second-order valence-corrected chi connectivity index (χ2v) is 6.14. The second-order valence-electron chi connectivity index (χ2n) is 5.02. The van der Waals surface area contributed by atoms with Crippen LogP contribution in [0.2, 0.25) is 0 Å². The van der Waals surface area contributed by atoms with Gasteiger partial charge in [0.25, 0.3) is 5.91 Å². The number of thioether (sulfide) groups is 1. The average Bonchev–Trinajstić information content (AvgIpc) is 3.03. The number of amides is 1. The van der Waals surface area contributed by atoms with Crippen molar-refractivity contribution in [1.29, 1.82) is 0 Å². The average molecular weight is 297 g/mol. The lowest BCUT2D eigenvalue weighted by molar-refractivity contribution is -0.141. The lowest BCUT2D eigenvalue weighted by Gasteiger charge is -2.38. The Bertz CT molecular complexity index is 547. The number of β-lactam (4-membered cyclic amide) rings is 1. The third kappa shape index (κ3) is 1.81. The van der Waals surface area contributed by atoms with E-state index >= 15 is 0 Å². The molecule has 0 aromatic heterocycles. The summed E-state index contributed by atoms with van der Waals surface area (Å²) in [6.45, 7) is 2.12. The Morgan fingerprint density at radius 2 is 2.30 bits per heavy atom. The lowest BCUT2D eigenvalue weighted by atomic mass is 9.99. The summed E-state index contributed by atoms with van der Waals surface area (Å²) in [4.78, 5) is 25.5. The molecule has 0 aliphatic carbocycles. The molecule has 3 heterocycles. The van der Waals surface area contributed by atoms with E-state index in [-0.39, 0.29) is 29.7 Å². The van der Waals surface area contributed by atoms with Crippen molar-refractivity contribution in [2.45, 2.75) is 31.2 Å². The third-order valence-corrected chi connectivity index (χ3v) is 5.15. The number of hydrogen-bond donors (Lipinski definition) is 2. The van der Waals surface area contributed by atoms with Crippen LogP contribution in [0.1, 0.15) is 19.8 Å². The van der Waals surface area contributed by atoms with Crippen LogP contribution in [-0.2, 0) is 14.3 Å². The maximum atomic E-state index is 12.1. The SMILES string of the molecule is C/C(CO)=C1\C(=O)N2C(C(=O)O)=C([C@@H]3CCCO3)S[C@H]12. The molecule has 108 valence electrons. The van der Waals surface area contributed by atoms with Crippen LogP contribution in [0.5, 0.6) is 0 Å². The molecule has 0 aromatic carbocycles. The van der Waals surface area contributed by atoms with Crippen molar-refractivity contribution in [3.05, 3.63) is 21.7 Å². The Kier molecular flexibility index (Phi) is 3.35. The number of carboxylic acids is 1. The first kappa shape index (κ1) is 13.7. The molecule has 6 nitrogen and oxygen atoms in total. The van der Waals surface area contributed by atoms with E-state index in [1.54, 1.807) is 6.92 Å². The second kappa shape index (κ2) is 4.91. The highest BCUT2D eigenvalue weighted by atomic mass is 32.2. The van der Waals surface area contributed by atoms with Crippen LogP contribution >= 0.6 is 11.8 Å². The fourth-order valence-corrected chi connectivity index (χ4v) is 4.33. The molecule has 7 heteroatoms. The molecule has 2 atom stereocenters. The van der Waals surface area contributed by atoms with E-state index in [2.05, 4.69) is 0 Å². The topological polar surface area (TPSA) is 87.1 Å². The highest BCUT2D eigenvalue weighted by molar-refractivity contribution is 8.04. The third-order valence-electron chi connectivity index (χ3n) is 3.77. The van der Waals surface area contributed by atoms with Crippen LogP contribution in [0, 0.1) is 0 Å². The minimum Gasteiger partial charge on any atom is -0.477 e. The van der Waals surface area contributed by atoms with E-state index in [0.717, 1.165) is 12.8 Å². The summed E-state index contributed by atoms with van der Waals surface area (Å²) in [5.74, 6) is -1.42. The number of aliphatic hydroxyl groups excluding tert-OH is 1. The van der Waals surface area contributed by atoms with Gasteiger partial charge in [-0.2, -0.15) is 0 Å². The summed E-state index contributed by atoms with van der Waals surface area (Å²) in [6.07, 6.45) is 1.46. The van der Waals surface area contributed by atoms with Crippen molar-refractivity contribution in [3.8, 4) is 0 Å². The van der Waals surface area contributed by atoms with Gasteiger partial charge in [0.15, 0.2) is 0 Å². The van der Waals surface area contributed by atoms with Crippen LogP contribution in [-0.4, -0.2) is 51.7 Å². The Morgan fingerprint density at radius 1 is 1.55 bits per heavy atom. The highest BCUT2D eigenvalue weighted by Crippen LogP contribution is 2.52. The van der Waals surface area contributed by atoms with Crippen LogP contribution in [0.4, 0.5) is 0 Å². The van der Waals surface area contributed by atoms with Gasteiger partial charge in [-0.1, -0.05) is 11.8 Å². The molecule has 0 bridgehead atoms. The van der Waals surface area contributed by atoms with E-state index in [4.69, 9.17) is 9.84 Å². The van der Waals surface area contributed by atoms with Crippen LogP contribution in [0.15, 0.2) is 21.7 Å². The molecule has 2 N–H and O–H groups in total. The predicted octanol–water partition coefficient (Wildman–Crippen LogP) is 0.685. The number of carbonyl (C=O) groups excluding carboxylic acids is 1. The molecule has 20 heavy (non-hydrogen) atoms. The molecule has 3 aliphatic rings. The number of carbonyl (C=O) groups is 2. The normalized spacial score (nSPS) is 31.5. The molecule has 0 aromatic rings. The summed E-state index contributed by atoms with van der Waals surface area (Å²) in [6, 6.07) is 0. The number of ether oxygens (including phenoxy) is 1. The minimum absolute atomic E-state index is 0.0476. The highest BCUT2D eigenvalue weighted by Gasteiger charge is 2.54. The Hall–Kier alpha value is -1.31. The lowest BCUT2D eigenvalue weighted by Crippen LogP contribution is -2.52. The molecule has 2 fully saturated rings. The molecule has 0 saturated carbocycles. The van der Waals surface area contributed by atoms with Crippen LogP contribution < -0.4 is 0 Å². The largest absolute Gasteiger partial charge is 0.477 e. The molecule has 3 rings (SSSR count). The van der Waals surface area contributed by atoms with E-state index in [9.17, 15) is 14.7 Å². The van der Waals surface area contributed by atoms with Gasteiger partial charge in [-0.25, -0.2) is 4.79 Å². The fraction of sp³-hybridized carbons (Fsp3) is 0.538. The van der Waals surface area contributed by atoms with Crippen molar-refractivity contribution in [2.75, 3.05) is 13.2 Å². The van der Waals surface area contributed by atoms with Crippen molar-refractivity contribution in [2.24, 2.45) is 0 Å². The van der Waals surface area contributed by atoms with Gasteiger partial charge >= 0.3 is 5.97 Å². The van der Waals surface area contributed by atoms with Crippen LogP contribution in [0.25, 0.3) is 0 Å². The van der Waals surface area contributed by atoms with Crippen molar-refractivity contribution >= 4 is 23.6 Å². The summed E-state index contributed by atoms with van der Waals surface area (Å²) in [7, 11) is 0. The molecule has 3 aliphatic heterocycles. The molecule has 1 amide bonds. The van der Waals surface area contributed by atoms with Gasteiger partial charge in [0.2, 0.25) is 0 Å². The number of carboxylic acid groups (broad SMARTS) is 1. The van der Waals surface area contributed by atoms with Crippen molar-refractivity contribution in [1.82, 2.24) is 4.90 Å². The van der Waals surface area contributed by atoms with Gasteiger partial charge in [0, 0.05) is 11.5 Å². The molecular formula is C13H15NO5S. The molecule has 2 saturated heterocycles.